The van der Waals surface area contributed by atoms with E-state index in [2.05, 4.69) is 0 Å². The highest BCUT2D eigenvalue weighted by molar-refractivity contribution is 5.84. The maximum atomic E-state index is 12.8. The van der Waals surface area contributed by atoms with Gasteiger partial charge in [-0.2, -0.15) is 0 Å². The second-order valence-electron chi connectivity index (χ2n) is 2.95. The monoisotopic (exact) mass is 193 g/mol. The van der Waals surface area contributed by atoms with Gasteiger partial charge in [-0.15, -0.1) is 0 Å². The Hall–Kier alpha value is -1.84. The number of carbonyl (C=O) groups is 1. The van der Waals surface area contributed by atoms with E-state index < -0.39 is 11.8 Å². The van der Waals surface area contributed by atoms with Crippen molar-refractivity contribution in [2.45, 2.75) is 6.42 Å². The van der Waals surface area contributed by atoms with Crippen molar-refractivity contribution in [2.75, 3.05) is 0 Å². The third-order valence-corrected chi connectivity index (χ3v) is 1.95. The number of carbonyl (C=O) groups excluding carboxylic acids is 1. The van der Waals surface area contributed by atoms with Crippen molar-refractivity contribution in [3.05, 3.63) is 35.8 Å². The summed E-state index contributed by atoms with van der Waals surface area (Å²) in [4.78, 5) is 10.3. The molecule has 0 spiro atoms. The second-order valence-corrected chi connectivity index (χ2v) is 2.95. The molecule has 0 unspecified atom stereocenters. The summed E-state index contributed by atoms with van der Waals surface area (Å²) in [7, 11) is 0. The SMILES string of the molecule is O=C([O-])Cc1coc2ccc(F)cc12. The first-order valence-electron chi connectivity index (χ1n) is 4.02. The van der Waals surface area contributed by atoms with E-state index in [9.17, 15) is 14.3 Å². The van der Waals surface area contributed by atoms with Crippen molar-refractivity contribution in [3.8, 4) is 0 Å². The molecule has 0 aliphatic rings. The second kappa shape index (κ2) is 3.14. The minimum atomic E-state index is -1.21. The molecule has 0 bridgehead atoms. The number of hydrogen-bond donors (Lipinski definition) is 0. The zero-order chi connectivity index (χ0) is 10.1. The van der Waals surface area contributed by atoms with Crippen LogP contribution in [-0.2, 0) is 11.2 Å². The molecule has 0 fully saturated rings. The van der Waals surface area contributed by atoms with Crippen LogP contribution in [0.5, 0.6) is 0 Å². The van der Waals surface area contributed by atoms with E-state index in [1.165, 1.54) is 24.5 Å². The van der Waals surface area contributed by atoms with E-state index in [1.807, 2.05) is 0 Å². The van der Waals surface area contributed by atoms with Gasteiger partial charge in [-0.05, 0) is 18.2 Å². The number of aliphatic carboxylic acids is 1. The Kier molecular flexibility index (Phi) is 1.96. The molecule has 0 aliphatic heterocycles. The number of carboxylic acids is 1. The lowest BCUT2D eigenvalue weighted by atomic mass is 10.1. The van der Waals surface area contributed by atoms with Crippen LogP contribution < -0.4 is 5.11 Å². The first-order valence-corrected chi connectivity index (χ1v) is 4.02. The third-order valence-electron chi connectivity index (χ3n) is 1.95. The van der Waals surface area contributed by atoms with Gasteiger partial charge in [-0.1, -0.05) is 0 Å². The molecule has 1 aromatic carbocycles. The van der Waals surface area contributed by atoms with Gasteiger partial charge in [-0.25, -0.2) is 4.39 Å². The van der Waals surface area contributed by atoms with Gasteiger partial charge in [0.2, 0.25) is 0 Å². The highest BCUT2D eigenvalue weighted by Gasteiger charge is 2.06. The number of benzene rings is 1. The van der Waals surface area contributed by atoms with E-state index in [0.717, 1.165) is 0 Å². The summed E-state index contributed by atoms with van der Waals surface area (Å²) in [5.41, 5.74) is 0.905. The molecule has 2 aromatic rings. The van der Waals surface area contributed by atoms with Gasteiger partial charge in [0, 0.05) is 23.3 Å². The van der Waals surface area contributed by atoms with Gasteiger partial charge in [-0.3, -0.25) is 0 Å². The minimum Gasteiger partial charge on any atom is -0.550 e. The maximum Gasteiger partial charge on any atom is 0.134 e. The number of carboxylic acid groups (broad SMARTS) is 1. The highest BCUT2D eigenvalue weighted by atomic mass is 19.1. The molecule has 3 nitrogen and oxygen atoms in total. The minimum absolute atomic E-state index is 0.267. The number of hydrogen-bond acceptors (Lipinski definition) is 3. The Labute approximate surface area is 78.8 Å². The molecule has 0 saturated carbocycles. The summed E-state index contributed by atoms with van der Waals surface area (Å²) in [6.45, 7) is 0. The average molecular weight is 193 g/mol. The lowest BCUT2D eigenvalue weighted by Crippen LogP contribution is -2.24. The Morgan fingerprint density at radius 3 is 3.00 bits per heavy atom. The summed E-state index contributed by atoms with van der Waals surface area (Å²) < 4.78 is 17.9. The predicted molar refractivity (Wildman–Crippen MR) is 44.9 cm³/mol. The highest BCUT2D eigenvalue weighted by Crippen LogP contribution is 2.22. The van der Waals surface area contributed by atoms with Gasteiger partial charge >= 0.3 is 0 Å². The zero-order valence-electron chi connectivity index (χ0n) is 7.12. The fraction of sp³-hybridized carbons (Fsp3) is 0.100. The van der Waals surface area contributed by atoms with E-state index in [1.54, 1.807) is 0 Å². The lowest BCUT2D eigenvalue weighted by molar-refractivity contribution is -0.304. The van der Waals surface area contributed by atoms with Crippen molar-refractivity contribution in [1.82, 2.24) is 0 Å². The lowest BCUT2D eigenvalue weighted by Gasteiger charge is -1.98. The molecule has 0 saturated heterocycles. The number of halogens is 1. The van der Waals surface area contributed by atoms with Crippen molar-refractivity contribution < 1.29 is 18.7 Å². The molecule has 0 atom stereocenters. The molecule has 2 rings (SSSR count). The Morgan fingerprint density at radius 1 is 1.50 bits per heavy atom. The van der Waals surface area contributed by atoms with Crippen LogP contribution >= 0.6 is 0 Å². The zero-order valence-corrected chi connectivity index (χ0v) is 7.12. The molecule has 14 heavy (non-hydrogen) atoms. The van der Waals surface area contributed by atoms with Crippen LogP contribution in [0.25, 0.3) is 11.0 Å². The van der Waals surface area contributed by atoms with Crippen LogP contribution in [0.15, 0.2) is 28.9 Å². The van der Waals surface area contributed by atoms with Gasteiger partial charge in [0.15, 0.2) is 0 Å². The maximum absolute atomic E-state index is 12.8. The van der Waals surface area contributed by atoms with Crippen LogP contribution in [0, 0.1) is 5.82 Å². The van der Waals surface area contributed by atoms with Crippen LogP contribution in [0.3, 0.4) is 0 Å². The van der Waals surface area contributed by atoms with E-state index >= 15 is 0 Å². The molecule has 0 N–H and O–H groups in total. The van der Waals surface area contributed by atoms with Crippen molar-refractivity contribution >= 4 is 16.9 Å². The summed E-state index contributed by atoms with van der Waals surface area (Å²) in [6, 6.07) is 3.97. The van der Waals surface area contributed by atoms with Gasteiger partial charge < -0.3 is 14.3 Å². The summed E-state index contributed by atoms with van der Waals surface area (Å²) >= 11 is 0. The molecule has 1 aromatic heterocycles. The molecule has 0 radical (unpaired) electrons. The normalized spacial score (nSPS) is 10.6. The number of furan rings is 1. The first kappa shape index (κ1) is 8.74. The van der Waals surface area contributed by atoms with E-state index in [4.69, 9.17) is 4.42 Å². The Bertz CT molecular complexity index is 487. The van der Waals surface area contributed by atoms with E-state index in [-0.39, 0.29) is 6.42 Å². The summed E-state index contributed by atoms with van der Waals surface area (Å²) in [5.74, 6) is -1.63. The van der Waals surface area contributed by atoms with Crippen LogP contribution in [-0.4, -0.2) is 5.97 Å². The van der Waals surface area contributed by atoms with Crippen molar-refractivity contribution in [2.24, 2.45) is 0 Å². The number of fused-ring (bicyclic) bond motifs is 1. The molecular weight excluding hydrogens is 187 g/mol. The number of rotatable bonds is 2. The van der Waals surface area contributed by atoms with Crippen LogP contribution in [0.4, 0.5) is 4.39 Å². The fourth-order valence-electron chi connectivity index (χ4n) is 1.35. The van der Waals surface area contributed by atoms with Gasteiger partial charge in [0.05, 0.1) is 6.26 Å². The summed E-state index contributed by atoms with van der Waals surface area (Å²) in [6.07, 6.45) is 1.04. The molecule has 1 heterocycles. The molecule has 0 aliphatic carbocycles. The molecule has 0 amide bonds. The molecular formula is C10H6FO3-. The largest absolute Gasteiger partial charge is 0.550 e. The van der Waals surface area contributed by atoms with Crippen LogP contribution in [0.2, 0.25) is 0 Å². The molecule has 72 valence electrons. The fourth-order valence-corrected chi connectivity index (χ4v) is 1.35. The Morgan fingerprint density at radius 2 is 2.29 bits per heavy atom. The Balaban J connectivity index is 2.55. The van der Waals surface area contributed by atoms with Crippen LogP contribution in [0.1, 0.15) is 5.56 Å². The smallest absolute Gasteiger partial charge is 0.134 e. The van der Waals surface area contributed by atoms with E-state index in [0.29, 0.717) is 16.5 Å². The molecule has 4 heteroatoms. The standard InChI is InChI=1S/C10H7FO3/c11-7-1-2-9-8(4-7)6(5-14-9)3-10(12)13/h1-2,4-5H,3H2,(H,12,13)/p-1. The topological polar surface area (TPSA) is 53.3 Å². The first-order chi connectivity index (χ1) is 6.66. The average Bonchev–Trinajstić information content (AvgIpc) is 2.47. The quantitative estimate of drug-likeness (QED) is 0.710. The third kappa shape index (κ3) is 1.46. The van der Waals surface area contributed by atoms with Crippen molar-refractivity contribution in [1.29, 1.82) is 0 Å². The van der Waals surface area contributed by atoms with Crippen molar-refractivity contribution in [3.63, 3.8) is 0 Å². The summed E-state index contributed by atoms with van der Waals surface area (Å²) in [5, 5.41) is 10.8. The van der Waals surface area contributed by atoms with Gasteiger partial charge in [0.25, 0.3) is 0 Å². The predicted octanol–water partition coefficient (Wildman–Crippen LogP) is 0.864. The van der Waals surface area contributed by atoms with Gasteiger partial charge in [0.1, 0.15) is 11.4 Å².